The highest BCUT2D eigenvalue weighted by atomic mass is 16.7. The van der Waals surface area contributed by atoms with Crippen LogP contribution in [0.25, 0.3) is 0 Å². The van der Waals surface area contributed by atoms with E-state index in [-0.39, 0.29) is 6.42 Å². The van der Waals surface area contributed by atoms with Crippen molar-refractivity contribution in [2.24, 2.45) is 0 Å². The number of carbonyl (C=O) groups excluding carboxylic acids is 2. The first-order chi connectivity index (χ1) is 12.3. The molecule has 26 heavy (non-hydrogen) atoms. The number of aliphatic hydroxyl groups is 2. The predicted molar refractivity (Wildman–Crippen MR) is 89.0 cm³/mol. The van der Waals surface area contributed by atoms with Gasteiger partial charge < -0.3 is 24.8 Å². The Morgan fingerprint density at radius 2 is 1.81 bits per heavy atom. The van der Waals surface area contributed by atoms with Gasteiger partial charge in [-0.15, -0.1) is 6.58 Å². The van der Waals surface area contributed by atoms with E-state index in [0.717, 1.165) is 44.9 Å². The number of unbranched alkanes of at least 4 members (excludes halogenated alkanes) is 6. The molecule has 2 heterocycles. The molecular weight excluding hydrogens is 344 g/mol. The summed E-state index contributed by atoms with van der Waals surface area (Å²) in [6, 6.07) is 0. The van der Waals surface area contributed by atoms with Crippen molar-refractivity contribution in [1.29, 1.82) is 0 Å². The third kappa shape index (κ3) is 3.48. The Morgan fingerprint density at radius 1 is 1.19 bits per heavy atom. The Labute approximate surface area is 151 Å². The average Bonchev–Trinajstić information content (AvgIpc) is 3.01. The first-order valence-electron chi connectivity index (χ1n) is 8.98. The fourth-order valence-corrected chi connectivity index (χ4v) is 3.60. The van der Waals surface area contributed by atoms with Crippen LogP contribution in [0.3, 0.4) is 0 Å². The molecule has 8 heteroatoms. The van der Waals surface area contributed by atoms with Gasteiger partial charge in [0, 0.05) is 6.42 Å². The summed E-state index contributed by atoms with van der Waals surface area (Å²) in [7, 11) is 0. The number of aliphatic carboxylic acids is 1. The van der Waals surface area contributed by atoms with Gasteiger partial charge in [-0.1, -0.05) is 31.8 Å². The second-order valence-electron chi connectivity index (χ2n) is 6.94. The molecule has 3 N–H and O–H groups in total. The number of esters is 2. The number of hydrogen-bond donors (Lipinski definition) is 3. The number of rotatable bonds is 10. The monoisotopic (exact) mass is 370 g/mol. The normalized spacial score (nSPS) is 33.3. The van der Waals surface area contributed by atoms with Gasteiger partial charge in [0.1, 0.15) is 6.10 Å². The molecule has 0 bridgehead atoms. The van der Waals surface area contributed by atoms with Gasteiger partial charge in [0.25, 0.3) is 5.60 Å². The van der Waals surface area contributed by atoms with E-state index >= 15 is 0 Å². The third-order valence-electron chi connectivity index (χ3n) is 5.14. The third-order valence-corrected chi connectivity index (χ3v) is 5.14. The van der Waals surface area contributed by atoms with Crippen LogP contribution in [0, 0.1) is 0 Å². The van der Waals surface area contributed by atoms with E-state index in [1.54, 1.807) is 0 Å². The molecule has 2 rings (SSSR count). The first-order valence-corrected chi connectivity index (χ1v) is 8.98. The Morgan fingerprint density at radius 3 is 2.42 bits per heavy atom. The van der Waals surface area contributed by atoms with Crippen molar-refractivity contribution in [3.8, 4) is 0 Å². The molecule has 2 saturated heterocycles. The van der Waals surface area contributed by atoms with E-state index in [9.17, 15) is 29.7 Å². The topological polar surface area (TPSA) is 130 Å². The molecule has 0 aromatic rings. The van der Waals surface area contributed by atoms with Crippen LogP contribution in [-0.2, 0) is 23.9 Å². The van der Waals surface area contributed by atoms with Gasteiger partial charge in [0.15, 0.2) is 6.10 Å². The largest absolute Gasteiger partial charge is 0.479 e. The van der Waals surface area contributed by atoms with Crippen LogP contribution in [0.1, 0.15) is 57.8 Å². The van der Waals surface area contributed by atoms with Gasteiger partial charge in [0.05, 0.1) is 0 Å². The number of aliphatic hydroxyl groups excluding tert-OH is 1. The molecule has 0 unspecified atom stereocenters. The van der Waals surface area contributed by atoms with Gasteiger partial charge >= 0.3 is 17.9 Å². The maximum Gasteiger partial charge on any atom is 0.354 e. The fourth-order valence-electron chi connectivity index (χ4n) is 3.60. The molecular formula is C18H26O8. The van der Waals surface area contributed by atoms with Crippen molar-refractivity contribution in [2.75, 3.05) is 0 Å². The highest BCUT2D eigenvalue weighted by molar-refractivity contribution is 6.02. The van der Waals surface area contributed by atoms with Crippen molar-refractivity contribution in [3.63, 3.8) is 0 Å². The van der Waals surface area contributed by atoms with Crippen molar-refractivity contribution >= 4 is 17.9 Å². The number of hydrogen-bond acceptors (Lipinski definition) is 7. The lowest BCUT2D eigenvalue weighted by molar-refractivity contribution is -0.195. The summed E-state index contributed by atoms with van der Waals surface area (Å²) in [5, 5.41) is 29.4. The number of ether oxygens (including phenoxy) is 2. The second kappa shape index (κ2) is 8.18. The maximum absolute atomic E-state index is 12.2. The smallest absolute Gasteiger partial charge is 0.354 e. The molecule has 0 aliphatic carbocycles. The maximum atomic E-state index is 12.2. The number of carbonyl (C=O) groups is 3. The molecule has 0 aromatic carbocycles. The van der Waals surface area contributed by atoms with Gasteiger partial charge in [-0.05, 0) is 25.7 Å². The molecule has 0 amide bonds. The predicted octanol–water partition coefficient (Wildman–Crippen LogP) is 1.08. The lowest BCUT2D eigenvalue weighted by Gasteiger charge is -2.30. The van der Waals surface area contributed by atoms with Crippen molar-refractivity contribution < 1.29 is 39.2 Å². The van der Waals surface area contributed by atoms with Crippen LogP contribution < -0.4 is 0 Å². The Kier molecular flexibility index (Phi) is 6.41. The minimum absolute atomic E-state index is 0.281. The first kappa shape index (κ1) is 20.4. The standard InChI is InChI=1S/C18H26O8/c1-2-3-4-5-6-7-8-9-10-12-11-17(16(23)25-12)18(24,15(21)22)13(19)14(20)26-17/h2,12-13,19,24H,1,3-11H2,(H,21,22)/t12-,13+,17-,18+/m1/s1. The number of carboxylic acid groups (broad SMARTS) is 1. The summed E-state index contributed by atoms with van der Waals surface area (Å²) in [5.41, 5.74) is -5.42. The minimum Gasteiger partial charge on any atom is -0.479 e. The summed E-state index contributed by atoms with van der Waals surface area (Å²) >= 11 is 0. The minimum atomic E-state index is -3.04. The Balaban J connectivity index is 1.87. The highest BCUT2D eigenvalue weighted by Crippen LogP contribution is 2.46. The highest BCUT2D eigenvalue weighted by Gasteiger charge is 2.78. The van der Waals surface area contributed by atoms with Gasteiger partial charge in [-0.2, -0.15) is 0 Å². The van der Waals surface area contributed by atoms with Crippen LogP contribution >= 0.6 is 0 Å². The molecule has 146 valence electrons. The summed E-state index contributed by atoms with van der Waals surface area (Å²) in [4.78, 5) is 35.3. The molecule has 2 fully saturated rings. The molecule has 2 aliphatic heterocycles. The molecule has 8 nitrogen and oxygen atoms in total. The second-order valence-corrected chi connectivity index (χ2v) is 6.94. The summed E-state index contributed by atoms with van der Waals surface area (Å²) in [6.07, 6.45) is 6.20. The lowest BCUT2D eigenvalue weighted by atomic mass is 9.78. The van der Waals surface area contributed by atoms with Crippen LogP contribution in [0.5, 0.6) is 0 Å². The van der Waals surface area contributed by atoms with Gasteiger partial charge in [-0.25, -0.2) is 14.4 Å². The van der Waals surface area contributed by atoms with Crippen LogP contribution in [0.2, 0.25) is 0 Å². The summed E-state index contributed by atoms with van der Waals surface area (Å²) in [5.74, 6) is -4.36. The zero-order valence-electron chi connectivity index (χ0n) is 14.7. The van der Waals surface area contributed by atoms with E-state index < -0.39 is 41.3 Å². The summed E-state index contributed by atoms with van der Waals surface area (Å²) < 4.78 is 9.96. The van der Waals surface area contributed by atoms with Crippen LogP contribution in [0.4, 0.5) is 0 Å². The number of allylic oxidation sites excluding steroid dienone is 1. The fraction of sp³-hybridized carbons (Fsp3) is 0.722. The molecule has 0 saturated carbocycles. The Bertz CT molecular complexity index is 574. The molecule has 4 atom stereocenters. The van der Waals surface area contributed by atoms with Crippen molar-refractivity contribution in [1.82, 2.24) is 0 Å². The molecule has 0 radical (unpaired) electrons. The quantitative estimate of drug-likeness (QED) is 0.296. The molecule has 2 aliphatic rings. The number of carboxylic acids is 1. The molecule has 0 aromatic heterocycles. The Hall–Kier alpha value is -1.93. The zero-order chi connectivity index (χ0) is 19.4. The zero-order valence-corrected chi connectivity index (χ0v) is 14.7. The SMILES string of the molecule is C=CCCCCCCCC[C@@H]1C[C@@]2(OC(=O)[C@H](O)[C@]2(O)C(=O)O)C(=O)O1. The van der Waals surface area contributed by atoms with Crippen LogP contribution in [0.15, 0.2) is 12.7 Å². The van der Waals surface area contributed by atoms with E-state index in [1.165, 1.54) is 0 Å². The van der Waals surface area contributed by atoms with Gasteiger partial charge in [0.2, 0.25) is 5.60 Å². The van der Waals surface area contributed by atoms with E-state index in [2.05, 4.69) is 6.58 Å². The van der Waals surface area contributed by atoms with Gasteiger partial charge in [-0.3, -0.25) is 0 Å². The van der Waals surface area contributed by atoms with E-state index in [4.69, 9.17) is 9.47 Å². The van der Waals surface area contributed by atoms with Crippen LogP contribution in [-0.4, -0.2) is 56.6 Å². The van der Waals surface area contributed by atoms with Crippen molar-refractivity contribution in [2.45, 2.75) is 81.2 Å². The number of cyclic esters (lactones) is 1. The van der Waals surface area contributed by atoms with Crippen molar-refractivity contribution in [3.05, 3.63) is 12.7 Å². The van der Waals surface area contributed by atoms with E-state index in [1.807, 2.05) is 6.08 Å². The van der Waals surface area contributed by atoms with E-state index in [0.29, 0.717) is 6.42 Å². The average molecular weight is 370 g/mol. The summed E-state index contributed by atoms with van der Waals surface area (Å²) in [6.45, 7) is 3.68. The molecule has 1 spiro atoms. The lowest BCUT2D eigenvalue weighted by Crippen LogP contribution is -2.63.